The first-order valence-electron chi connectivity index (χ1n) is 6.27. The third kappa shape index (κ3) is 7.38. The Kier molecular flexibility index (Phi) is 10.5. The van der Waals surface area contributed by atoms with Crippen molar-refractivity contribution in [3.63, 3.8) is 0 Å². The van der Waals surface area contributed by atoms with Gasteiger partial charge >= 0.3 is 8.80 Å². The van der Waals surface area contributed by atoms with E-state index in [9.17, 15) is 0 Å². The Labute approximate surface area is 111 Å². The Bertz CT molecular complexity index is 177. The van der Waals surface area contributed by atoms with Crippen LogP contribution < -0.4 is 0 Å². The van der Waals surface area contributed by atoms with E-state index in [4.69, 9.17) is 29.6 Å². The highest BCUT2D eigenvalue weighted by molar-refractivity contribution is 6.60. The summed E-state index contributed by atoms with van der Waals surface area (Å²) in [5.41, 5.74) is 0. The molecular formula is C11H25ClO4Si. The molecule has 0 aromatic heterocycles. The summed E-state index contributed by atoms with van der Waals surface area (Å²) in [6.07, 6.45) is 0.521. The van der Waals surface area contributed by atoms with Crippen LogP contribution in [-0.2, 0) is 18.0 Å². The summed E-state index contributed by atoms with van der Waals surface area (Å²) in [5, 5.41) is 0. The molecule has 4 nitrogen and oxygen atoms in total. The molecule has 0 heterocycles. The van der Waals surface area contributed by atoms with Crippen LogP contribution in [0.1, 0.15) is 34.1 Å². The molecule has 0 aliphatic heterocycles. The standard InChI is InChI=1S/C11H25ClO4Si/c1-5-13-11(4)16-17(14-6-2,15-7-3)10-8-9-12/h11H,5-10H2,1-4H3. The van der Waals surface area contributed by atoms with Crippen molar-refractivity contribution in [1.82, 2.24) is 0 Å². The molecule has 0 rings (SSSR count). The van der Waals surface area contributed by atoms with Gasteiger partial charge in [0.25, 0.3) is 0 Å². The van der Waals surface area contributed by atoms with Gasteiger partial charge in [0.05, 0.1) is 0 Å². The molecule has 0 fully saturated rings. The van der Waals surface area contributed by atoms with E-state index in [1.807, 2.05) is 27.7 Å². The minimum absolute atomic E-state index is 0.305. The monoisotopic (exact) mass is 284 g/mol. The summed E-state index contributed by atoms with van der Waals surface area (Å²) in [5.74, 6) is 0.585. The summed E-state index contributed by atoms with van der Waals surface area (Å²) in [7, 11) is -2.63. The first-order chi connectivity index (χ1) is 8.14. The number of rotatable bonds is 11. The SMILES string of the molecule is CCOC(C)O[Si](CCCCl)(OCC)OCC. The molecule has 17 heavy (non-hydrogen) atoms. The Morgan fingerprint density at radius 2 is 1.65 bits per heavy atom. The maximum Gasteiger partial charge on any atom is 0.502 e. The van der Waals surface area contributed by atoms with Crippen molar-refractivity contribution in [2.45, 2.75) is 46.4 Å². The quantitative estimate of drug-likeness (QED) is 0.332. The lowest BCUT2D eigenvalue weighted by Gasteiger charge is -2.31. The van der Waals surface area contributed by atoms with Crippen LogP contribution in [0.15, 0.2) is 0 Å². The maximum absolute atomic E-state index is 5.87. The molecule has 0 aliphatic rings. The molecule has 1 unspecified atom stereocenters. The van der Waals surface area contributed by atoms with Gasteiger partial charge in [0.2, 0.25) is 0 Å². The highest BCUT2D eigenvalue weighted by Gasteiger charge is 2.41. The van der Waals surface area contributed by atoms with Crippen LogP contribution in [0.5, 0.6) is 0 Å². The van der Waals surface area contributed by atoms with Crippen molar-refractivity contribution in [2.24, 2.45) is 0 Å². The fraction of sp³-hybridized carbons (Fsp3) is 1.00. The number of halogens is 1. The number of hydrogen-bond donors (Lipinski definition) is 0. The summed E-state index contributed by atoms with van der Waals surface area (Å²) < 4.78 is 22.8. The predicted molar refractivity (Wildman–Crippen MR) is 71.3 cm³/mol. The zero-order valence-electron chi connectivity index (χ0n) is 11.3. The molecular weight excluding hydrogens is 260 g/mol. The first-order valence-corrected chi connectivity index (χ1v) is 8.74. The molecule has 0 saturated carbocycles. The second-order valence-electron chi connectivity index (χ2n) is 3.48. The van der Waals surface area contributed by atoms with Crippen LogP contribution in [0.3, 0.4) is 0 Å². The first kappa shape index (κ1) is 17.3. The van der Waals surface area contributed by atoms with Crippen molar-refractivity contribution < 1.29 is 18.0 Å². The van der Waals surface area contributed by atoms with E-state index < -0.39 is 8.80 Å². The third-order valence-corrected chi connectivity index (χ3v) is 5.47. The minimum atomic E-state index is -2.63. The van der Waals surface area contributed by atoms with Gasteiger partial charge < -0.3 is 18.0 Å². The highest BCUT2D eigenvalue weighted by atomic mass is 35.5. The molecule has 0 radical (unpaired) electrons. The van der Waals surface area contributed by atoms with Gasteiger partial charge in [0, 0.05) is 31.7 Å². The Hall–Kier alpha value is 0.347. The van der Waals surface area contributed by atoms with Crippen LogP contribution in [-0.4, -0.2) is 40.8 Å². The average Bonchev–Trinajstić information content (AvgIpc) is 2.27. The predicted octanol–water partition coefficient (Wildman–Crippen LogP) is 3.03. The Balaban J connectivity index is 4.50. The molecule has 6 heteroatoms. The summed E-state index contributed by atoms with van der Waals surface area (Å²) >= 11 is 5.73. The fourth-order valence-electron chi connectivity index (χ4n) is 1.56. The Morgan fingerprint density at radius 1 is 1.06 bits per heavy atom. The van der Waals surface area contributed by atoms with Gasteiger partial charge in [-0.05, 0) is 34.1 Å². The summed E-state index contributed by atoms with van der Waals surface area (Å²) in [6.45, 7) is 9.44. The summed E-state index contributed by atoms with van der Waals surface area (Å²) in [6, 6.07) is 0.732. The number of alkyl halides is 1. The van der Waals surface area contributed by atoms with Gasteiger partial charge in [-0.2, -0.15) is 0 Å². The fourth-order valence-corrected chi connectivity index (χ4v) is 4.60. The van der Waals surface area contributed by atoms with E-state index in [-0.39, 0.29) is 6.29 Å². The van der Waals surface area contributed by atoms with Crippen molar-refractivity contribution in [3.8, 4) is 0 Å². The second-order valence-corrected chi connectivity index (χ2v) is 6.54. The van der Waals surface area contributed by atoms with Crippen molar-refractivity contribution in [3.05, 3.63) is 0 Å². The van der Waals surface area contributed by atoms with Crippen molar-refractivity contribution in [1.29, 1.82) is 0 Å². The smallest absolute Gasteiger partial charge is 0.374 e. The zero-order chi connectivity index (χ0) is 13.1. The van der Waals surface area contributed by atoms with Gasteiger partial charge in [0.1, 0.15) is 6.29 Å². The van der Waals surface area contributed by atoms with Crippen LogP contribution in [0.4, 0.5) is 0 Å². The number of hydrogen-bond acceptors (Lipinski definition) is 4. The Morgan fingerprint density at radius 3 is 2.06 bits per heavy atom. The molecule has 0 spiro atoms. The van der Waals surface area contributed by atoms with E-state index in [2.05, 4.69) is 0 Å². The lowest BCUT2D eigenvalue weighted by atomic mass is 10.6. The molecule has 0 amide bonds. The lowest BCUT2D eigenvalue weighted by molar-refractivity contribution is -0.104. The highest BCUT2D eigenvalue weighted by Crippen LogP contribution is 2.20. The van der Waals surface area contributed by atoms with Gasteiger partial charge in [0.15, 0.2) is 0 Å². The van der Waals surface area contributed by atoms with E-state index in [1.54, 1.807) is 0 Å². The van der Waals surface area contributed by atoms with Gasteiger partial charge in [-0.25, -0.2) is 0 Å². The molecule has 0 bridgehead atoms. The van der Waals surface area contributed by atoms with Crippen LogP contribution in [0, 0.1) is 0 Å². The largest absolute Gasteiger partial charge is 0.502 e. The molecule has 0 aromatic rings. The van der Waals surface area contributed by atoms with E-state index in [0.29, 0.717) is 25.7 Å². The normalized spacial score (nSPS) is 13.9. The molecule has 0 N–H and O–H groups in total. The van der Waals surface area contributed by atoms with Crippen molar-refractivity contribution in [2.75, 3.05) is 25.7 Å². The van der Waals surface area contributed by atoms with Gasteiger partial charge in [-0.1, -0.05) is 0 Å². The van der Waals surface area contributed by atoms with Crippen LogP contribution in [0.25, 0.3) is 0 Å². The van der Waals surface area contributed by atoms with E-state index in [1.165, 1.54) is 0 Å². The maximum atomic E-state index is 5.87. The molecule has 0 aliphatic carbocycles. The molecule has 0 aromatic carbocycles. The second kappa shape index (κ2) is 10.3. The molecule has 104 valence electrons. The van der Waals surface area contributed by atoms with Gasteiger partial charge in [-0.3, -0.25) is 0 Å². The molecule has 1 atom stereocenters. The van der Waals surface area contributed by atoms with Crippen LogP contribution >= 0.6 is 11.6 Å². The third-order valence-electron chi connectivity index (χ3n) is 2.09. The van der Waals surface area contributed by atoms with E-state index >= 15 is 0 Å². The number of ether oxygens (including phenoxy) is 1. The van der Waals surface area contributed by atoms with E-state index in [0.717, 1.165) is 12.5 Å². The minimum Gasteiger partial charge on any atom is -0.374 e. The topological polar surface area (TPSA) is 36.9 Å². The van der Waals surface area contributed by atoms with Crippen LogP contribution in [0.2, 0.25) is 6.04 Å². The van der Waals surface area contributed by atoms with Gasteiger partial charge in [-0.15, -0.1) is 11.6 Å². The molecule has 0 saturated heterocycles. The van der Waals surface area contributed by atoms with Crippen molar-refractivity contribution >= 4 is 20.4 Å². The zero-order valence-corrected chi connectivity index (χ0v) is 13.1. The average molecular weight is 285 g/mol. The summed E-state index contributed by atoms with van der Waals surface area (Å²) in [4.78, 5) is 0. The lowest BCUT2D eigenvalue weighted by Crippen LogP contribution is -2.48.